The summed E-state index contributed by atoms with van der Waals surface area (Å²) in [6, 6.07) is 2.10. The minimum absolute atomic E-state index is 0.0330. The van der Waals surface area contributed by atoms with Crippen LogP contribution in [-0.4, -0.2) is 47.5 Å². The summed E-state index contributed by atoms with van der Waals surface area (Å²) >= 11 is 0. The van der Waals surface area contributed by atoms with Gasteiger partial charge >= 0.3 is 0 Å². The van der Waals surface area contributed by atoms with E-state index in [0.29, 0.717) is 5.56 Å². The molecule has 0 aliphatic rings. The molecule has 0 radical (unpaired) electrons. The zero-order valence-electron chi connectivity index (χ0n) is 17.1. The zero-order chi connectivity index (χ0) is 23.3. The van der Waals surface area contributed by atoms with Gasteiger partial charge < -0.3 is 25.6 Å². The highest BCUT2D eigenvalue weighted by atomic mass is 19.2. The smallest absolute Gasteiger partial charge is 0.251 e. The van der Waals surface area contributed by atoms with Crippen LogP contribution in [-0.2, 0) is 16.0 Å². The average Bonchev–Trinajstić information content (AvgIpc) is 2.71. The van der Waals surface area contributed by atoms with E-state index in [2.05, 4.69) is 10.3 Å². The first kappa shape index (κ1) is 24.4. The number of pyridine rings is 1. The van der Waals surface area contributed by atoms with Crippen LogP contribution < -0.4 is 15.8 Å². The lowest BCUT2D eigenvalue weighted by atomic mass is 10.00. The van der Waals surface area contributed by atoms with Gasteiger partial charge in [0.05, 0.1) is 6.04 Å². The fourth-order valence-corrected chi connectivity index (χ4v) is 2.56. The lowest BCUT2D eigenvalue weighted by molar-refractivity contribution is -0.141. The average molecular weight is 445 g/mol. The number of carbonyl (C=O) groups is 1. The first-order valence-corrected chi connectivity index (χ1v) is 9.16. The fourth-order valence-electron chi connectivity index (χ4n) is 2.56. The summed E-state index contributed by atoms with van der Waals surface area (Å²) in [6.45, 7) is 2.20. The Labute approximate surface area is 176 Å². The number of aliphatic hydroxyl groups is 1. The molecule has 2 rings (SSSR count). The normalized spacial score (nSPS) is 13.5. The highest BCUT2D eigenvalue weighted by molar-refractivity contribution is 5.84. The van der Waals surface area contributed by atoms with Gasteiger partial charge in [-0.25, -0.2) is 13.8 Å². The van der Waals surface area contributed by atoms with Gasteiger partial charge in [0.2, 0.25) is 11.6 Å². The van der Waals surface area contributed by atoms with Gasteiger partial charge in [0, 0.05) is 19.4 Å². The number of methoxy groups -OCH3 is 1. The predicted molar refractivity (Wildman–Crippen MR) is 103 cm³/mol. The predicted octanol–water partition coefficient (Wildman–Crippen LogP) is 2.11. The van der Waals surface area contributed by atoms with E-state index in [1.165, 1.54) is 33.2 Å². The maximum atomic E-state index is 13.8. The highest BCUT2D eigenvalue weighted by Gasteiger charge is 2.32. The number of nitrogens with two attached hydrogens (primary N) is 1. The van der Waals surface area contributed by atoms with Crippen LogP contribution in [0, 0.1) is 23.3 Å². The fraction of sp³-hybridized carbons (Fsp3) is 0.400. The zero-order valence-corrected chi connectivity index (χ0v) is 17.1. The third-order valence-electron chi connectivity index (χ3n) is 4.61. The van der Waals surface area contributed by atoms with Gasteiger partial charge in [0.15, 0.2) is 17.4 Å². The van der Waals surface area contributed by atoms with Crippen LogP contribution in [0.3, 0.4) is 0 Å². The molecule has 2 atom stereocenters. The van der Waals surface area contributed by atoms with E-state index >= 15 is 0 Å². The molecule has 31 heavy (non-hydrogen) atoms. The Bertz CT molecular complexity index is 917. The van der Waals surface area contributed by atoms with Crippen molar-refractivity contribution in [3.8, 4) is 5.75 Å². The van der Waals surface area contributed by atoms with E-state index in [1.54, 1.807) is 6.07 Å². The number of aromatic nitrogens is 1. The number of ether oxygens (including phenoxy) is 2. The number of amides is 1. The molecule has 1 amide bonds. The number of nitrogen functional groups attached to an aromatic ring is 1. The Morgan fingerprint density at radius 2 is 1.84 bits per heavy atom. The van der Waals surface area contributed by atoms with Gasteiger partial charge in [-0.3, -0.25) is 4.79 Å². The van der Waals surface area contributed by atoms with Crippen LogP contribution in [0.5, 0.6) is 5.75 Å². The van der Waals surface area contributed by atoms with Crippen molar-refractivity contribution < 1.29 is 36.9 Å². The number of hydrogen-bond donors (Lipinski definition) is 3. The monoisotopic (exact) mass is 445 g/mol. The first-order chi connectivity index (χ1) is 14.5. The van der Waals surface area contributed by atoms with Crippen molar-refractivity contribution in [2.24, 2.45) is 0 Å². The molecule has 11 heteroatoms. The van der Waals surface area contributed by atoms with Crippen molar-refractivity contribution in [3.05, 3.63) is 53.2 Å². The maximum Gasteiger partial charge on any atom is 0.251 e. The van der Waals surface area contributed by atoms with Crippen molar-refractivity contribution in [1.29, 1.82) is 0 Å². The second-order valence-corrected chi connectivity index (χ2v) is 7.26. The number of nitrogens with zero attached hydrogens (tertiary/aromatic N) is 1. The second kappa shape index (κ2) is 9.92. The third-order valence-corrected chi connectivity index (χ3v) is 4.61. The van der Waals surface area contributed by atoms with Crippen LogP contribution >= 0.6 is 0 Å². The van der Waals surface area contributed by atoms with Crippen molar-refractivity contribution in [1.82, 2.24) is 10.3 Å². The van der Waals surface area contributed by atoms with E-state index in [1.807, 2.05) is 0 Å². The SMILES string of the molecule is COC(C)(C)C(=O)NC(Cc1ccnc(N)c1)C(O)COc1c(F)c(F)cc(F)c1F. The van der Waals surface area contributed by atoms with Crippen LogP contribution in [0.2, 0.25) is 0 Å². The molecule has 4 N–H and O–H groups in total. The number of rotatable bonds is 9. The lowest BCUT2D eigenvalue weighted by Crippen LogP contribution is -2.53. The lowest BCUT2D eigenvalue weighted by Gasteiger charge is -2.29. The summed E-state index contributed by atoms with van der Waals surface area (Å²) in [5, 5.41) is 13.1. The summed E-state index contributed by atoms with van der Waals surface area (Å²) in [4.78, 5) is 16.3. The molecule has 2 unspecified atom stereocenters. The van der Waals surface area contributed by atoms with Crippen molar-refractivity contribution in [2.75, 3.05) is 19.5 Å². The number of halogens is 4. The molecule has 0 aliphatic carbocycles. The van der Waals surface area contributed by atoms with Crippen molar-refractivity contribution >= 4 is 11.7 Å². The number of benzene rings is 1. The van der Waals surface area contributed by atoms with E-state index in [4.69, 9.17) is 15.2 Å². The van der Waals surface area contributed by atoms with Crippen LogP contribution in [0.25, 0.3) is 0 Å². The molecule has 1 heterocycles. The van der Waals surface area contributed by atoms with Gasteiger partial charge in [-0.05, 0) is 38.0 Å². The maximum absolute atomic E-state index is 13.8. The van der Waals surface area contributed by atoms with Gasteiger partial charge in [-0.2, -0.15) is 8.78 Å². The van der Waals surface area contributed by atoms with E-state index < -0.39 is 59.3 Å². The molecule has 0 bridgehead atoms. The Morgan fingerprint density at radius 3 is 2.39 bits per heavy atom. The Morgan fingerprint density at radius 1 is 1.23 bits per heavy atom. The highest BCUT2D eigenvalue weighted by Crippen LogP contribution is 2.26. The second-order valence-electron chi connectivity index (χ2n) is 7.26. The van der Waals surface area contributed by atoms with Crippen LogP contribution in [0.15, 0.2) is 24.4 Å². The minimum atomic E-state index is -1.74. The molecule has 2 aromatic rings. The Balaban J connectivity index is 2.23. The van der Waals surface area contributed by atoms with Crippen molar-refractivity contribution in [3.63, 3.8) is 0 Å². The summed E-state index contributed by atoms with van der Waals surface area (Å²) in [7, 11) is 1.32. The quantitative estimate of drug-likeness (QED) is 0.403. The molecule has 1 aromatic carbocycles. The number of hydrogen-bond acceptors (Lipinski definition) is 6. The molecule has 7 nitrogen and oxygen atoms in total. The summed E-state index contributed by atoms with van der Waals surface area (Å²) in [6.07, 6.45) is -0.0760. The first-order valence-electron chi connectivity index (χ1n) is 9.16. The molecular weight excluding hydrogens is 422 g/mol. The molecule has 0 saturated carbocycles. The molecule has 0 spiro atoms. The van der Waals surface area contributed by atoms with E-state index in [-0.39, 0.29) is 18.3 Å². The summed E-state index contributed by atoms with van der Waals surface area (Å²) < 4.78 is 64.2. The van der Waals surface area contributed by atoms with Gasteiger partial charge in [-0.1, -0.05) is 0 Å². The molecule has 0 saturated heterocycles. The van der Waals surface area contributed by atoms with Crippen molar-refractivity contribution in [2.45, 2.75) is 38.0 Å². The third kappa shape index (κ3) is 6.05. The number of carbonyl (C=O) groups excluding carboxylic acids is 1. The summed E-state index contributed by atoms with van der Waals surface area (Å²) in [5.41, 5.74) is 4.97. The molecule has 0 fully saturated rings. The molecular formula is C20H23F4N3O4. The molecule has 1 aromatic heterocycles. The Kier molecular flexibility index (Phi) is 7.80. The van der Waals surface area contributed by atoms with Crippen LogP contribution in [0.4, 0.5) is 23.4 Å². The molecule has 0 aliphatic heterocycles. The number of nitrogens with one attached hydrogen (secondary N) is 1. The van der Waals surface area contributed by atoms with Crippen LogP contribution in [0.1, 0.15) is 19.4 Å². The largest absolute Gasteiger partial charge is 0.485 e. The standard InChI is InChI=1S/C20H23F4N3O4/c1-20(2,30-3)19(29)27-13(6-10-4-5-26-15(25)7-10)14(28)9-31-18-16(23)11(21)8-12(22)17(18)24/h4-5,7-8,13-14,28H,6,9H2,1-3H3,(H2,25,26)(H,27,29). The van der Waals surface area contributed by atoms with Gasteiger partial charge in [0.25, 0.3) is 5.91 Å². The van der Waals surface area contributed by atoms with E-state index in [9.17, 15) is 27.5 Å². The Hall–Kier alpha value is -2.92. The summed E-state index contributed by atoms with van der Waals surface area (Å²) in [5.74, 6) is -8.49. The minimum Gasteiger partial charge on any atom is -0.485 e. The number of anilines is 1. The topological polar surface area (TPSA) is 107 Å². The molecule has 170 valence electrons. The number of aliphatic hydroxyl groups excluding tert-OH is 1. The van der Waals surface area contributed by atoms with Gasteiger partial charge in [0.1, 0.15) is 24.1 Å². The van der Waals surface area contributed by atoms with E-state index in [0.717, 1.165) is 0 Å². The van der Waals surface area contributed by atoms with Gasteiger partial charge in [-0.15, -0.1) is 0 Å².